The van der Waals surface area contributed by atoms with Gasteiger partial charge < -0.3 is 10.2 Å². The zero-order valence-electron chi connectivity index (χ0n) is 20.9. The van der Waals surface area contributed by atoms with E-state index in [4.69, 9.17) is 5.26 Å². The number of aliphatic hydroxyl groups excluding tert-OH is 1. The second-order valence-corrected chi connectivity index (χ2v) is 11.9. The first-order chi connectivity index (χ1) is 15.0. The molecular formula is C29H45NO2. The Morgan fingerprint density at radius 2 is 2.03 bits per heavy atom. The molecule has 6 atom stereocenters. The Labute approximate surface area is 196 Å². The molecule has 3 fully saturated rings. The highest BCUT2D eigenvalue weighted by Gasteiger charge is 2.50. The summed E-state index contributed by atoms with van der Waals surface area (Å²) in [4.78, 5) is 0. The first kappa shape index (κ1) is 25.3. The maximum Gasteiger partial charge on any atom is 0.0625 e. The summed E-state index contributed by atoms with van der Waals surface area (Å²) in [5.41, 5.74) is 3.69. The van der Waals surface area contributed by atoms with Gasteiger partial charge in [-0.15, -0.1) is 0 Å². The monoisotopic (exact) mass is 439 g/mol. The molecule has 3 heteroatoms. The summed E-state index contributed by atoms with van der Waals surface area (Å²) in [7, 11) is 0. The van der Waals surface area contributed by atoms with E-state index in [1.54, 1.807) is 5.57 Å². The van der Waals surface area contributed by atoms with Gasteiger partial charge in [-0.05, 0) is 94.0 Å². The Hall–Kier alpha value is -1.37. The van der Waals surface area contributed by atoms with E-state index in [0.29, 0.717) is 30.1 Å². The van der Waals surface area contributed by atoms with Gasteiger partial charge in [0.25, 0.3) is 0 Å². The van der Waals surface area contributed by atoms with E-state index in [2.05, 4.69) is 38.6 Å². The molecule has 2 unspecified atom stereocenters. The van der Waals surface area contributed by atoms with Crippen molar-refractivity contribution in [2.75, 3.05) is 0 Å². The van der Waals surface area contributed by atoms with Gasteiger partial charge >= 0.3 is 0 Å². The van der Waals surface area contributed by atoms with Crippen LogP contribution in [0.1, 0.15) is 98.3 Å². The largest absolute Gasteiger partial charge is 0.392 e. The summed E-state index contributed by atoms with van der Waals surface area (Å²) in [5, 5.41) is 29.5. The third kappa shape index (κ3) is 5.75. The number of allylic oxidation sites excluding steroid dienone is 4. The number of nitrogens with zero attached hydrogens (tertiary/aromatic N) is 1. The van der Waals surface area contributed by atoms with E-state index >= 15 is 0 Å². The zero-order valence-corrected chi connectivity index (χ0v) is 20.9. The van der Waals surface area contributed by atoms with Crippen LogP contribution in [-0.4, -0.2) is 21.9 Å². The van der Waals surface area contributed by atoms with Crippen molar-refractivity contribution in [1.29, 1.82) is 5.26 Å². The Morgan fingerprint density at radius 1 is 1.28 bits per heavy atom. The fourth-order valence-electron chi connectivity index (χ4n) is 7.11. The van der Waals surface area contributed by atoms with Crippen LogP contribution in [0.5, 0.6) is 0 Å². The van der Waals surface area contributed by atoms with Crippen molar-refractivity contribution in [3.8, 4) is 6.07 Å². The molecule has 3 nitrogen and oxygen atoms in total. The fraction of sp³-hybridized carbons (Fsp3) is 0.759. The van der Waals surface area contributed by atoms with E-state index in [0.717, 1.165) is 30.8 Å². The molecule has 0 saturated heterocycles. The maximum atomic E-state index is 10.5. The molecule has 0 aromatic rings. The second-order valence-electron chi connectivity index (χ2n) is 11.9. The van der Waals surface area contributed by atoms with Gasteiger partial charge in [0.05, 0.1) is 17.8 Å². The van der Waals surface area contributed by atoms with Crippen LogP contribution in [0.3, 0.4) is 0 Å². The number of aliphatic hydroxyl groups is 2. The lowest BCUT2D eigenvalue weighted by molar-refractivity contribution is 0.0596. The van der Waals surface area contributed by atoms with Crippen LogP contribution in [-0.2, 0) is 0 Å². The lowest BCUT2D eigenvalue weighted by Crippen LogP contribution is -2.36. The Kier molecular flexibility index (Phi) is 8.11. The molecule has 0 aromatic heterocycles. The van der Waals surface area contributed by atoms with Crippen LogP contribution in [0.4, 0.5) is 0 Å². The number of fused-ring (bicyclic) bond motifs is 1. The van der Waals surface area contributed by atoms with E-state index in [1.807, 2.05) is 13.8 Å². The second kappa shape index (κ2) is 10.3. The molecule has 0 aromatic carbocycles. The molecule has 3 rings (SSSR count). The van der Waals surface area contributed by atoms with Crippen LogP contribution in [0.15, 0.2) is 35.5 Å². The minimum Gasteiger partial charge on any atom is -0.392 e. The van der Waals surface area contributed by atoms with Crippen LogP contribution in [0, 0.1) is 40.4 Å². The van der Waals surface area contributed by atoms with Gasteiger partial charge in [-0.25, -0.2) is 0 Å². The smallest absolute Gasteiger partial charge is 0.0625 e. The van der Waals surface area contributed by atoms with E-state index in [9.17, 15) is 10.2 Å². The van der Waals surface area contributed by atoms with Crippen molar-refractivity contribution in [2.24, 2.45) is 29.1 Å². The molecular weight excluding hydrogens is 394 g/mol. The van der Waals surface area contributed by atoms with Gasteiger partial charge in [0, 0.05) is 12.3 Å². The summed E-state index contributed by atoms with van der Waals surface area (Å²) in [6.07, 6.45) is 15.5. The van der Waals surface area contributed by atoms with E-state index in [1.165, 1.54) is 44.1 Å². The first-order valence-corrected chi connectivity index (χ1v) is 12.9. The predicted molar refractivity (Wildman–Crippen MR) is 132 cm³/mol. The van der Waals surface area contributed by atoms with Crippen molar-refractivity contribution in [2.45, 2.75) is 110 Å². The first-order valence-electron chi connectivity index (χ1n) is 12.9. The average Bonchev–Trinajstić information content (AvgIpc) is 3.06. The third-order valence-corrected chi connectivity index (χ3v) is 8.96. The third-order valence-electron chi connectivity index (χ3n) is 8.96. The molecule has 0 radical (unpaired) electrons. The highest BCUT2D eigenvalue weighted by atomic mass is 16.3. The van der Waals surface area contributed by atoms with Gasteiger partial charge in [-0.3, -0.25) is 0 Å². The predicted octanol–water partition coefficient (Wildman–Crippen LogP) is 6.87. The number of hydrogen-bond donors (Lipinski definition) is 2. The lowest BCUT2D eigenvalue weighted by Gasteiger charge is -2.44. The van der Waals surface area contributed by atoms with E-state index < -0.39 is 11.7 Å². The molecule has 0 bridgehead atoms. The fourth-order valence-corrected chi connectivity index (χ4v) is 7.11. The zero-order chi connectivity index (χ0) is 23.5. The molecule has 0 aliphatic heterocycles. The molecule has 0 heterocycles. The molecule has 3 saturated carbocycles. The van der Waals surface area contributed by atoms with Crippen LogP contribution in [0.2, 0.25) is 0 Å². The summed E-state index contributed by atoms with van der Waals surface area (Å²) in [6, 6.07) is 2.20. The van der Waals surface area contributed by atoms with Crippen molar-refractivity contribution >= 4 is 0 Å². The molecule has 0 amide bonds. The summed E-state index contributed by atoms with van der Waals surface area (Å²) >= 11 is 0. The lowest BCUT2D eigenvalue weighted by atomic mass is 9.60. The molecule has 3 aliphatic carbocycles. The highest BCUT2D eigenvalue weighted by Crippen LogP contribution is 2.60. The van der Waals surface area contributed by atoms with Crippen molar-refractivity contribution in [1.82, 2.24) is 0 Å². The quantitative estimate of drug-likeness (QED) is 0.455. The van der Waals surface area contributed by atoms with Crippen molar-refractivity contribution in [3.05, 3.63) is 35.5 Å². The molecule has 0 spiro atoms. The van der Waals surface area contributed by atoms with Crippen LogP contribution >= 0.6 is 0 Å². The number of nitriles is 1. The van der Waals surface area contributed by atoms with Crippen LogP contribution in [0.25, 0.3) is 0 Å². The van der Waals surface area contributed by atoms with Crippen molar-refractivity contribution < 1.29 is 10.2 Å². The number of hydrogen-bond acceptors (Lipinski definition) is 3. The summed E-state index contributed by atoms with van der Waals surface area (Å²) in [6.45, 7) is 13.1. The Balaban J connectivity index is 1.68. The highest BCUT2D eigenvalue weighted by molar-refractivity contribution is 5.37. The Bertz CT molecular complexity index is 780. The number of rotatable bonds is 7. The SMILES string of the molecule is C=C1C[C@@H](CC#N)[C@H](O)C/C1=C/C=C1\CCC[C@@]2(C)C1CCC2[C@H](C)CCCC(C)(C)O. The maximum absolute atomic E-state index is 10.5. The molecule has 2 N–H and O–H groups in total. The minimum atomic E-state index is -0.554. The van der Waals surface area contributed by atoms with Gasteiger partial charge in [0.1, 0.15) is 0 Å². The Morgan fingerprint density at radius 3 is 2.72 bits per heavy atom. The molecule has 32 heavy (non-hydrogen) atoms. The summed E-state index contributed by atoms with van der Waals surface area (Å²) in [5.74, 6) is 2.17. The topological polar surface area (TPSA) is 64.2 Å². The van der Waals surface area contributed by atoms with Crippen LogP contribution < -0.4 is 0 Å². The summed E-state index contributed by atoms with van der Waals surface area (Å²) < 4.78 is 0. The normalized spacial score (nSPS) is 36.8. The van der Waals surface area contributed by atoms with Gasteiger partial charge in [-0.1, -0.05) is 56.6 Å². The average molecular weight is 440 g/mol. The van der Waals surface area contributed by atoms with Gasteiger partial charge in [-0.2, -0.15) is 5.26 Å². The van der Waals surface area contributed by atoms with E-state index in [-0.39, 0.29) is 5.92 Å². The standard InChI is InChI=1S/C29H45NO2/c1-20(8-6-15-28(3,4)32)25-12-13-26-22(9-7-16-29(25,26)5)10-11-23-19-27(31)24(14-17-30)18-21(23)2/h10-11,20,24-27,31-32H,2,6-9,12-16,18-19H2,1,3-5H3/b22-10+,23-11-/t20-,24-,25?,26?,27-,29-/m1/s1. The minimum absolute atomic E-state index is 0.0313. The molecule has 178 valence electrons. The van der Waals surface area contributed by atoms with Crippen molar-refractivity contribution in [3.63, 3.8) is 0 Å². The van der Waals surface area contributed by atoms with Gasteiger partial charge in [0.15, 0.2) is 0 Å². The molecule has 3 aliphatic rings. The van der Waals surface area contributed by atoms with Gasteiger partial charge in [0.2, 0.25) is 0 Å².